The number of rotatable bonds is 4. The van der Waals surface area contributed by atoms with Crippen molar-refractivity contribution in [3.63, 3.8) is 0 Å². The molecule has 0 spiro atoms. The van der Waals surface area contributed by atoms with E-state index in [2.05, 4.69) is 51.4 Å². The summed E-state index contributed by atoms with van der Waals surface area (Å²) in [5.41, 5.74) is 9.64. The van der Waals surface area contributed by atoms with Gasteiger partial charge < -0.3 is 5.73 Å². The van der Waals surface area contributed by atoms with Gasteiger partial charge in [0.1, 0.15) is 0 Å². The van der Waals surface area contributed by atoms with E-state index >= 15 is 0 Å². The first kappa shape index (κ1) is 12.7. The molecule has 0 fully saturated rings. The smallest absolute Gasteiger partial charge is 0.0701 e. The first-order valence-corrected chi connectivity index (χ1v) is 7.29. The lowest BCUT2D eigenvalue weighted by molar-refractivity contribution is 0.708. The average molecular weight is 311 g/mol. The van der Waals surface area contributed by atoms with Crippen LogP contribution in [-0.4, -0.2) is 4.98 Å². The van der Waals surface area contributed by atoms with Crippen molar-refractivity contribution in [3.8, 4) is 0 Å². The van der Waals surface area contributed by atoms with E-state index in [1.807, 2.05) is 6.20 Å². The van der Waals surface area contributed by atoms with Gasteiger partial charge in [-0.25, -0.2) is 0 Å². The molecule has 1 unspecified atom stereocenters. The van der Waals surface area contributed by atoms with Gasteiger partial charge in [0, 0.05) is 24.4 Å². The molecule has 0 saturated carbocycles. The number of thiophene rings is 1. The van der Waals surface area contributed by atoms with Crippen molar-refractivity contribution in [2.24, 2.45) is 5.73 Å². The maximum atomic E-state index is 6.16. The predicted molar refractivity (Wildman–Crippen MR) is 76.3 cm³/mol. The zero-order chi connectivity index (χ0) is 12.3. The normalized spacial score (nSPS) is 12.6. The summed E-state index contributed by atoms with van der Waals surface area (Å²) in [5.74, 6) is 0. The van der Waals surface area contributed by atoms with E-state index in [1.54, 1.807) is 11.3 Å². The number of aryl methyl sites for hydroxylation is 1. The largest absolute Gasteiger partial charge is 0.324 e. The van der Waals surface area contributed by atoms with E-state index in [0.717, 1.165) is 22.3 Å². The number of hydrogen-bond donors (Lipinski definition) is 1. The molecule has 0 aromatic carbocycles. The Morgan fingerprint density at radius 2 is 2.29 bits per heavy atom. The van der Waals surface area contributed by atoms with Crippen LogP contribution in [0.25, 0.3) is 0 Å². The van der Waals surface area contributed by atoms with Crippen molar-refractivity contribution in [2.45, 2.75) is 25.8 Å². The Kier molecular flexibility index (Phi) is 4.31. The van der Waals surface area contributed by atoms with Crippen LogP contribution in [0.15, 0.2) is 33.6 Å². The van der Waals surface area contributed by atoms with Gasteiger partial charge in [0.05, 0.1) is 3.79 Å². The number of halogens is 1. The molecule has 0 amide bonds. The lowest BCUT2D eigenvalue weighted by Gasteiger charge is -2.09. The fourth-order valence-corrected chi connectivity index (χ4v) is 2.89. The van der Waals surface area contributed by atoms with E-state index in [0.29, 0.717) is 0 Å². The zero-order valence-corrected chi connectivity index (χ0v) is 12.1. The highest BCUT2D eigenvalue weighted by Crippen LogP contribution is 2.25. The molecule has 0 bridgehead atoms. The quantitative estimate of drug-likeness (QED) is 0.935. The Morgan fingerprint density at radius 1 is 1.47 bits per heavy atom. The Bertz CT molecular complexity index is 478. The zero-order valence-electron chi connectivity index (χ0n) is 9.69. The second-order valence-corrected chi connectivity index (χ2v) is 6.30. The molecule has 2 aromatic rings. The van der Waals surface area contributed by atoms with Gasteiger partial charge in [-0.3, -0.25) is 4.98 Å². The summed E-state index contributed by atoms with van der Waals surface area (Å²) < 4.78 is 1.12. The van der Waals surface area contributed by atoms with Crippen molar-refractivity contribution >= 4 is 27.3 Å². The van der Waals surface area contributed by atoms with Gasteiger partial charge >= 0.3 is 0 Å². The Hall–Kier alpha value is -0.710. The fourth-order valence-electron chi connectivity index (χ4n) is 1.65. The van der Waals surface area contributed by atoms with Crippen molar-refractivity contribution < 1.29 is 0 Å². The molecule has 2 N–H and O–H groups in total. The van der Waals surface area contributed by atoms with Crippen LogP contribution in [0.3, 0.4) is 0 Å². The van der Waals surface area contributed by atoms with Crippen molar-refractivity contribution in [2.75, 3.05) is 0 Å². The summed E-state index contributed by atoms with van der Waals surface area (Å²) in [6, 6.07) is 6.30. The minimum absolute atomic E-state index is 0.0255. The number of hydrogen-bond acceptors (Lipinski definition) is 3. The van der Waals surface area contributed by atoms with Gasteiger partial charge in [0.25, 0.3) is 0 Å². The topological polar surface area (TPSA) is 38.9 Å². The van der Waals surface area contributed by atoms with Crippen LogP contribution < -0.4 is 5.73 Å². The highest BCUT2D eigenvalue weighted by molar-refractivity contribution is 9.11. The summed E-state index contributed by atoms with van der Waals surface area (Å²) >= 11 is 5.12. The Labute approximate surface area is 114 Å². The van der Waals surface area contributed by atoms with Crippen LogP contribution in [0.5, 0.6) is 0 Å². The molecule has 0 aliphatic rings. The van der Waals surface area contributed by atoms with Gasteiger partial charge in [-0.15, -0.1) is 11.3 Å². The molecule has 1 atom stereocenters. The number of nitrogens with zero attached hydrogens (tertiary/aromatic N) is 1. The molecule has 0 saturated heterocycles. The molecule has 4 heteroatoms. The molecule has 17 heavy (non-hydrogen) atoms. The summed E-state index contributed by atoms with van der Waals surface area (Å²) in [5, 5.41) is 2.09. The Morgan fingerprint density at radius 3 is 2.82 bits per heavy atom. The van der Waals surface area contributed by atoms with E-state index in [1.165, 1.54) is 11.1 Å². The van der Waals surface area contributed by atoms with Crippen LogP contribution in [0.2, 0.25) is 0 Å². The maximum absolute atomic E-state index is 6.16. The third-order valence-electron chi connectivity index (χ3n) is 2.74. The third-order valence-corrected chi connectivity index (χ3v) is 4.26. The number of pyridine rings is 1. The molecule has 0 aliphatic heterocycles. The van der Waals surface area contributed by atoms with Crippen LogP contribution in [0.4, 0.5) is 0 Å². The van der Waals surface area contributed by atoms with Gasteiger partial charge in [-0.2, -0.15) is 0 Å². The van der Waals surface area contributed by atoms with Crippen molar-refractivity contribution in [3.05, 3.63) is 50.4 Å². The summed E-state index contributed by atoms with van der Waals surface area (Å²) in [4.78, 5) is 4.43. The predicted octanol–water partition coefficient (Wildman–Crippen LogP) is 3.71. The first-order valence-electron chi connectivity index (χ1n) is 5.62. The summed E-state index contributed by atoms with van der Waals surface area (Å²) in [6.07, 6.45) is 3.75. The second-order valence-electron chi connectivity index (χ2n) is 4.01. The molecule has 2 nitrogen and oxygen atoms in total. The van der Waals surface area contributed by atoms with E-state index < -0.39 is 0 Å². The van der Waals surface area contributed by atoms with E-state index in [9.17, 15) is 0 Å². The van der Waals surface area contributed by atoms with Crippen LogP contribution in [0, 0.1) is 0 Å². The first-order chi connectivity index (χ1) is 8.19. The third kappa shape index (κ3) is 3.37. The van der Waals surface area contributed by atoms with Crippen LogP contribution >= 0.6 is 27.3 Å². The van der Waals surface area contributed by atoms with Gasteiger partial charge in [0.15, 0.2) is 0 Å². The molecule has 2 heterocycles. The van der Waals surface area contributed by atoms with Gasteiger partial charge in [-0.05, 0) is 51.0 Å². The van der Waals surface area contributed by atoms with Crippen LogP contribution in [-0.2, 0) is 12.8 Å². The molecular weight excluding hydrogens is 296 g/mol. The SMILES string of the molecule is CCc1ccc(CC(N)c2csc(Br)c2)nc1. The minimum Gasteiger partial charge on any atom is -0.324 e. The molecule has 2 aromatic heterocycles. The van der Waals surface area contributed by atoms with E-state index in [-0.39, 0.29) is 6.04 Å². The molecule has 0 aliphatic carbocycles. The van der Waals surface area contributed by atoms with E-state index in [4.69, 9.17) is 5.73 Å². The maximum Gasteiger partial charge on any atom is 0.0701 e. The molecule has 90 valence electrons. The highest BCUT2D eigenvalue weighted by Gasteiger charge is 2.09. The number of aromatic nitrogens is 1. The summed E-state index contributed by atoms with van der Waals surface area (Å²) in [6.45, 7) is 2.13. The van der Waals surface area contributed by atoms with Gasteiger partial charge in [0.2, 0.25) is 0 Å². The highest BCUT2D eigenvalue weighted by atomic mass is 79.9. The lowest BCUT2D eigenvalue weighted by Crippen LogP contribution is -2.13. The molecular formula is C13H15BrN2S. The summed E-state index contributed by atoms with van der Waals surface area (Å²) in [7, 11) is 0. The van der Waals surface area contributed by atoms with Crippen molar-refractivity contribution in [1.82, 2.24) is 4.98 Å². The van der Waals surface area contributed by atoms with Crippen LogP contribution in [0.1, 0.15) is 29.8 Å². The van der Waals surface area contributed by atoms with Gasteiger partial charge in [-0.1, -0.05) is 13.0 Å². The fraction of sp³-hybridized carbons (Fsp3) is 0.308. The molecule has 2 rings (SSSR count). The Balaban J connectivity index is 2.04. The lowest BCUT2D eigenvalue weighted by atomic mass is 10.1. The monoisotopic (exact) mass is 310 g/mol. The molecule has 0 radical (unpaired) electrons. The standard InChI is InChI=1S/C13H15BrN2S/c1-2-9-3-4-11(16-7-9)6-12(15)10-5-13(14)17-8-10/h3-5,7-8,12H,2,6,15H2,1H3. The number of nitrogens with two attached hydrogens (primary N) is 1. The minimum atomic E-state index is 0.0255. The average Bonchev–Trinajstić information content (AvgIpc) is 2.77. The second kappa shape index (κ2) is 5.76. The van der Waals surface area contributed by atoms with Crippen molar-refractivity contribution in [1.29, 1.82) is 0 Å².